The zero-order chi connectivity index (χ0) is 58.2. The Morgan fingerprint density at radius 3 is 0.821 bits per heavy atom. The maximum Gasteiger partial charge on any atom is 0.0743 e. The van der Waals surface area contributed by atoms with Crippen molar-refractivity contribution < 1.29 is 0 Å². The van der Waals surface area contributed by atoms with E-state index in [4.69, 9.17) is 19.9 Å². The van der Waals surface area contributed by atoms with Gasteiger partial charge < -0.3 is 19.9 Å². The predicted molar refractivity (Wildman–Crippen MR) is 360 cm³/mol. The maximum absolute atomic E-state index is 5.67. The summed E-state index contributed by atoms with van der Waals surface area (Å²) in [5.41, 5.74) is 33.5. The number of nitrogens with zero attached hydrogens (tertiary/aromatic N) is 4. The lowest BCUT2D eigenvalue weighted by atomic mass is 9.94. The van der Waals surface area contributed by atoms with E-state index < -0.39 is 0 Å². The molecule has 0 fully saturated rings. The summed E-state index contributed by atoms with van der Waals surface area (Å²) < 4.78 is 0. The molecular weight excluding hydrogens is 1020 g/mol. The van der Waals surface area contributed by atoms with Gasteiger partial charge in [0, 0.05) is 65.3 Å². The van der Waals surface area contributed by atoms with Gasteiger partial charge in [-0.1, -0.05) is 81.1 Å². The van der Waals surface area contributed by atoms with E-state index in [0.717, 1.165) is 202 Å². The fraction of sp³-hybridized carbons (Fsp3) is 0.368. The lowest BCUT2D eigenvalue weighted by Gasteiger charge is -2.08. The smallest absolute Gasteiger partial charge is 0.0743 e. The van der Waals surface area contributed by atoms with Crippen LogP contribution in [0.1, 0.15) is 200 Å². The lowest BCUT2D eigenvalue weighted by molar-refractivity contribution is 0.796. The Labute approximate surface area is 494 Å². The molecule has 2 aromatic carbocycles. The highest BCUT2D eigenvalue weighted by molar-refractivity contribution is 6.16. The Bertz CT molecular complexity index is 4560. The van der Waals surface area contributed by atoms with E-state index in [0.29, 0.717) is 0 Å². The molecule has 0 radical (unpaired) electrons. The first kappa shape index (κ1) is 55.4. The van der Waals surface area contributed by atoms with E-state index in [1.807, 2.05) is 0 Å². The summed E-state index contributed by atoms with van der Waals surface area (Å²) >= 11 is 0. The van der Waals surface area contributed by atoms with Gasteiger partial charge in [0.2, 0.25) is 0 Å². The second kappa shape index (κ2) is 22.3. The molecule has 4 N–H and O–H groups in total. The Balaban J connectivity index is 1.13. The Kier molecular flexibility index (Phi) is 14.7. The second-order valence-corrected chi connectivity index (χ2v) is 24.5. The minimum Gasteiger partial charge on any atom is -0.355 e. The van der Waals surface area contributed by atoms with E-state index >= 15 is 0 Å². The lowest BCUT2D eigenvalue weighted by Crippen LogP contribution is -1.87. The molecule has 428 valence electrons. The summed E-state index contributed by atoms with van der Waals surface area (Å²) in [5, 5.41) is 9.65. The summed E-state index contributed by atoms with van der Waals surface area (Å²) in [6, 6.07) is 28.4. The number of aryl methyl sites for hydroxylation is 8. The van der Waals surface area contributed by atoms with Crippen LogP contribution in [-0.2, 0) is 25.7 Å². The highest BCUT2D eigenvalue weighted by atomic mass is 14.8. The van der Waals surface area contributed by atoms with Gasteiger partial charge >= 0.3 is 0 Å². The number of aromatic amines is 4. The average Bonchev–Trinajstić information content (AvgIpc) is 4.47. The van der Waals surface area contributed by atoms with Crippen LogP contribution in [0.2, 0.25) is 0 Å². The van der Waals surface area contributed by atoms with Crippen molar-refractivity contribution in [1.82, 2.24) is 39.9 Å². The third-order valence-electron chi connectivity index (χ3n) is 19.5. The van der Waals surface area contributed by atoms with Gasteiger partial charge in [0.05, 0.1) is 44.8 Å². The average molecular weight is 1110 g/mol. The van der Waals surface area contributed by atoms with Gasteiger partial charge in [-0.05, 0) is 266 Å². The quantitative estimate of drug-likeness (QED) is 0.0771. The molecule has 0 spiro atoms. The fourth-order valence-electron chi connectivity index (χ4n) is 14.6. The number of hydrogen-bond acceptors (Lipinski definition) is 4. The first-order chi connectivity index (χ1) is 40.9. The Morgan fingerprint density at radius 2 is 0.548 bits per heavy atom. The number of H-pyrrole nitrogens is 4. The van der Waals surface area contributed by atoms with Gasteiger partial charge in [-0.3, -0.25) is 0 Å². The van der Waals surface area contributed by atoms with Crippen molar-refractivity contribution in [3.05, 3.63) is 151 Å². The van der Waals surface area contributed by atoms with E-state index in [1.165, 1.54) is 98.8 Å². The zero-order valence-electron chi connectivity index (χ0n) is 52.0. The second-order valence-electron chi connectivity index (χ2n) is 24.5. The highest BCUT2D eigenvalue weighted by Gasteiger charge is 2.23. The third-order valence-corrected chi connectivity index (χ3v) is 19.5. The van der Waals surface area contributed by atoms with Crippen LogP contribution in [0.3, 0.4) is 0 Å². The Hall–Kier alpha value is -7.84. The van der Waals surface area contributed by atoms with Gasteiger partial charge in [-0.25, -0.2) is 19.9 Å². The summed E-state index contributed by atoms with van der Waals surface area (Å²) in [6.45, 7) is 27.5. The van der Waals surface area contributed by atoms with Crippen LogP contribution in [0, 0.1) is 38.1 Å². The minimum atomic E-state index is 0.934. The van der Waals surface area contributed by atoms with Gasteiger partial charge in [-0.2, -0.15) is 0 Å². The molecule has 1 aliphatic carbocycles. The van der Waals surface area contributed by atoms with Crippen molar-refractivity contribution in [3.8, 4) is 0 Å². The number of fused-ring (bicyclic) bond motifs is 25. The van der Waals surface area contributed by atoms with Crippen LogP contribution in [0.25, 0.3) is 121 Å². The zero-order valence-corrected chi connectivity index (χ0v) is 52.0. The molecule has 0 saturated carbocycles. The monoisotopic (exact) mass is 1110 g/mol. The molecule has 7 aromatic heterocycles. The first-order valence-corrected chi connectivity index (χ1v) is 32.2. The molecule has 0 saturated heterocycles. The van der Waals surface area contributed by atoms with Crippen molar-refractivity contribution in [3.63, 3.8) is 0 Å². The molecule has 3 aliphatic heterocycles. The summed E-state index contributed by atoms with van der Waals surface area (Å²) in [5.74, 6) is 0. The van der Waals surface area contributed by atoms with Crippen molar-refractivity contribution in [2.45, 2.75) is 186 Å². The SMILES string of the molecule is CCCCc1c(C)c2cc3nc(cc4[nH]c(cc5nc(cc1[nH]2)C(CC)=C5CC)c(CCCC)c4C)c1c2cc4cc5c6cc7[nH]c(cc8nc(cc9[nH]c(cc(n6)c5cc4cc2c3=1)c(C)c9CCCC)C(CC)=C8CC)c(CCCC)c7C. The molecule has 8 heteroatoms. The third kappa shape index (κ3) is 9.16. The van der Waals surface area contributed by atoms with Crippen molar-refractivity contribution >= 4 is 121 Å². The number of allylic oxidation sites excluding steroid dienone is 4. The fourth-order valence-corrected chi connectivity index (χ4v) is 14.6. The van der Waals surface area contributed by atoms with Crippen LogP contribution in [0.15, 0.2) is 72.8 Å². The molecule has 16 bridgehead atoms. The van der Waals surface area contributed by atoms with Crippen LogP contribution >= 0.6 is 0 Å². The number of rotatable bonds is 16. The van der Waals surface area contributed by atoms with Gasteiger partial charge in [0.25, 0.3) is 0 Å². The molecule has 0 atom stereocenters. The van der Waals surface area contributed by atoms with E-state index in [1.54, 1.807) is 0 Å². The van der Waals surface area contributed by atoms with Gasteiger partial charge in [-0.15, -0.1) is 0 Å². The topological polar surface area (TPSA) is 115 Å². The van der Waals surface area contributed by atoms with Crippen molar-refractivity contribution in [2.24, 2.45) is 0 Å². The number of aromatic nitrogens is 8. The number of benzene rings is 2. The van der Waals surface area contributed by atoms with Crippen molar-refractivity contribution in [1.29, 1.82) is 0 Å². The number of hydrogen-bond donors (Lipinski definition) is 4. The molecule has 0 amide bonds. The molecular formula is C76H84N8. The number of unbranched alkanes of at least 4 members (excludes halogenated alkanes) is 4. The van der Waals surface area contributed by atoms with E-state index in [2.05, 4.69) is 176 Å². The van der Waals surface area contributed by atoms with Crippen molar-refractivity contribution in [2.75, 3.05) is 0 Å². The Morgan fingerprint density at radius 1 is 0.286 bits per heavy atom. The molecule has 84 heavy (non-hydrogen) atoms. The van der Waals surface area contributed by atoms with Crippen LogP contribution < -0.4 is 0 Å². The summed E-state index contributed by atoms with van der Waals surface area (Å²) in [4.78, 5) is 38.2. The molecule has 4 aliphatic rings. The van der Waals surface area contributed by atoms with Crippen LogP contribution in [-0.4, -0.2) is 39.9 Å². The highest BCUT2D eigenvalue weighted by Crippen LogP contribution is 2.42. The molecule has 10 heterocycles. The number of nitrogens with one attached hydrogen (secondary N) is 4. The first-order valence-electron chi connectivity index (χ1n) is 32.2. The van der Waals surface area contributed by atoms with E-state index in [-0.39, 0.29) is 0 Å². The standard InChI is InChI=1S/C76H84N8/c1-13-21-25-51-41(9)59-33-71-55-29-45-31-57-58(32-46(45)30-56(55)72(83-71)34-60-42(10)52(26-22-14-2)68(78-60)38-64-48(18-6)47(17-5)63(81-64)37-67(51)77-59)76-74-36-62-44(12)54(28-24-16-4)70(80-62)40-66-50(20-8)49(19-7)65(82-66)39-69-53(27-23-15-3)43(11)61(79-69)35-73(84-74)75(57)76/h29-40,77-80H,13-28H2,1-12H3. The van der Waals surface area contributed by atoms with Crippen LogP contribution in [0.5, 0.6) is 0 Å². The van der Waals surface area contributed by atoms with Gasteiger partial charge in [0.1, 0.15) is 0 Å². The minimum absolute atomic E-state index is 0.934. The van der Waals surface area contributed by atoms with Crippen LogP contribution in [0.4, 0.5) is 0 Å². The molecule has 0 unspecified atom stereocenters. The van der Waals surface area contributed by atoms with Gasteiger partial charge in [0.15, 0.2) is 0 Å². The maximum atomic E-state index is 5.67. The molecule has 8 nitrogen and oxygen atoms in total. The van der Waals surface area contributed by atoms with E-state index in [9.17, 15) is 0 Å². The molecule has 13 rings (SSSR count). The normalized spacial score (nSPS) is 13.2. The molecule has 9 aromatic rings. The summed E-state index contributed by atoms with van der Waals surface area (Å²) in [6.07, 6.45) is 16.8. The summed E-state index contributed by atoms with van der Waals surface area (Å²) in [7, 11) is 0. The largest absolute Gasteiger partial charge is 0.355 e. The predicted octanol–water partition coefficient (Wildman–Crippen LogP) is 21.2.